The highest BCUT2D eigenvalue weighted by Gasteiger charge is 2.23. The molecule has 1 fully saturated rings. The SMILES string of the molecule is Cl.O=S(=O)(N[C@@H]1CCCNC1)c1ccccc1F. The lowest BCUT2D eigenvalue weighted by Crippen LogP contribution is -2.45. The molecule has 102 valence electrons. The fourth-order valence-electron chi connectivity index (χ4n) is 1.90. The summed E-state index contributed by atoms with van der Waals surface area (Å²) in [4.78, 5) is -0.287. The van der Waals surface area contributed by atoms with Crippen molar-refractivity contribution in [3.05, 3.63) is 30.1 Å². The van der Waals surface area contributed by atoms with Crippen LogP contribution in [0.5, 0.6) is 0 Å². The van der Waals surface area contributed by atoms with Crippen LogP contribution in [0.3, 0.4) is 0 Å². The summed E-state index contributed by atoms with van der Waals surface area (Å²) in [6.07, 6.45) is 1.70. The van der Waals surface area contributed by atoms with E-state index >= 15 is 0 Å². The van der Waals surface area contributed by atoms with Gasteiger partial charge < -0.3 is 5.32 Å². The van der Waals surface area contributed by atoms with Gasteiger partial charge in [0, 0.05) is 12.6 Å². The van der Waals surface area contributed by atoms with Gasteiger partial charge in [0.05, 0.1) is 0 Å². The maximum atomic E-state index is 13.4. The Bertz CT molecular complexity index is 490. The Morgan fingerprint density at radius 2 is 2.06 bits per heavy atom. The molecule has 4 nitrogen and oxygen atoms in total. The molecule has 0 unspecified atom stereocenters. The van der Waals surface area contributed by atoms with Crippen LogP contribution < -0.4 is 10.0 Å². The summed E-state index contributed by atoms with van der Waals surface area (Å²) in [5.74, 6) is -0.719. The average Bonchev–Trinajstić information content (AvgIpc) is 2.30. The molecule has 0 amide bonds. The number of rotatable bonds is 3. The van der Waals surface area contributed by atoms with Crippen molar-refractivity contribution in [1.82, 2.24) is 10.0 Å². The third kappa shape index (κ3) is 3.65. The molecule has 7 heteroatoms. The smallest absolute Gasteiger partial charge is 0.243 e. The summed E-state index contributed by atoms with van der Waals surface area (Å²) in [7, 11) is -3.76. The lowest BCUT2D eigenvalue weighted by Gasteiger charge is -2.23. The topological polar surface area (TPSA) is 58.2 Å². The first-order chi connectivity index (χ1) is 8.09. The van der Waals surface area contributed by atoms with Crippen LogP contribution in [0.25, 0.3) is 0 Å². The van der Waals surface area contributed by atoms with Gasteiger partial charge in [-0.15, -0.1) is 12.4 Å². The standard InChI is InChI=1S/C11H15FN2O2S.ClH/c12-10-5-1-2-6-11(10)17(15,16)14-9-4-3-7-13-8-9;/h1-2,5-6,9,13-14H,3-4,7-8H2;1H/t9-;/m1./s1. The van der Waals surface area contributed by atoms with Gasteiger partial charge in [-0.25, -0.2) is 17.5 Å². The fraction of sp³-hybridized carbons (Fsp3) is 0.455. The van der Waals surface area contributed by atoms with E-state index in [2.05, 4.69) is 10.0 Å². The summed E-state index contributed by atoms with van der Waals surface area (Å²) >= 11 is 0. The Kier molecular flexibility index (Phi) is 5.52. The van der Waals surface area contributed by atoms with E-state index in [0.29, 0.717) is 6.54 Å². The maximum Gasteiger partial charge on any atom is 0.243 e. The van der Waals surface area contributed by atoms with E-state index in [1.54, 1.807) is 0 Å². The third-order valence-electron chi connectivity index (χ3n) is 2.74. The van der Waals surface area contributed by atoms with Crippen LogP contribution in [-0.2, 0) is 10.0 Å². The molecule has 2 rings (SSSR count). The number of benzene rings is 1. The monoisotopic (exact) mass is 294 g/mol. The summed E-state index contributed by atoms with van der Waals surface area (Å²) in [5, 5.41) is 3.10. The first-order valence-electron chi connectivity index (χ1n) is 5.57. The van der Waals surface area contributed by atoms with Gasteiger partial charge in [-0.2, -0.15) is 0 Å². The van der Waals surface area contributed by atoms with E-state index < -0.39 is 15.8 Å². The quantitative estimate of drug-likeness (QED) is 0.883. The minimum atomic E-state index is -3.76. The van der Waals surface area contributed by atoms with Gasteiger partial charge >= 0.3 is 0 Å². The highest BCUT2D eigenvalue weighted by atomic mass is 35.5. The van der Waals surface area contributed by atoms with Crippen molar-refractivity contribution in [2.45, 2.75) is 23.8 Å². The lowest BCUT2D eigenvalue weighted by molar-refractivity contribution is 0.427. The van der Waals surface area contributed by atoms with Crippen molar-refractivity contribution in [3.8, 4) is 0 Å². The lowest BCUT2D eigenvalue weighted by atomic mass is 10.1. The number of hydrogen-bond donors (Lipinski definition) is 2. The van der Waals surface area contributed by atoms with Crippen molar-refractivity contribution in [3.63, 3.8) is 0 Å². The van der Waals surface area contributed by atoms with Gasteiger partial charge in [-0.1, -0.05) is 12.1 Å². The molecular formula is C11H16ClFN2O2S. The Hall–Kier alpha value is -0.690. The van der Waals surface area contributed by atoms with E-state index in [-0.39, 0.29) is 23.3 Å². The molecule has 1 atom stereocenters. The highest BCUT2D eigenvalue weighted by Crippen LogP contribution is 2.14. The summed E-state index contributed by atoms with van der Waals surface area (Å²) in [5.41, 5.74) is 0. The Balaban J connectivity index is 0.00000162. The molecule has 0 saturated carbocycles. The number of hydrogen-bond acceptors (Lipinski definition) is 3. The van der Waals surface area contributed by atoms with Crippen LogP contribution in [0.2, 0.25) is 0 Å². The zero-order valence-corrected chi connectivity index (χ0v) is 11.4. The first kappa shape index (κ1) is 15.4. The fourth-order valence-corrected chi connectivity index (χ4v) is 3.25. The molecule has 0 radical (unpaired) electrons. The zero-order valence-electron chi connectivity index (χ0n) is 9.73. The minimum Gasteiger partial charge on any atom is -0.315 e. The van der Waals surface area contributed by atoms with Gasteiger partial charge in [0.25, 0.3) is 0 Å². The van der Waals surface area contributed by atoms with Crippen LogP contribution in [0, 0.1) is 5.82 Å². The Labute approximate surface area is 112 Å². The summed E-state index contributed by atoms with van der Waals surface area (Å²) in [6.45, 7) is 1.49. The van der Waals surface area contributed by atoms with Gasteiger partial charge in [0.15, 0.2) is 0 Å². The Morgan fingerprint density at radius 3 is 2.67 bits per heavy atom. The molecule has 1 aliphatic heterocycles. The molecular weight excluding hydrogens is 279 g/mol. The van der Waals surface area contributed by atoms with Crippen molar-refractivity contribution in [1.29, 1.82) is 0 Å². The molecule has 1 aliphatic rings. The van der Waals surface area contributed by atoms with Crippen molar-refractivity contribution >= 4 is 22.4 Å². The molecule has 0 bridgehead atoms. The van der Waals surface area contributed by atoms with Gasteiger partial charge in [-0.05, 0) is 31.5 Å². The van der Waals surface area contributed by atoms with Gasteiger partial charge in [0.2, 0.25) is 10.0 Å². The number of sulfonamides is 1. The predicted molar refractivity (Wildman–Crippen MR) is 69.9 cm³/mol. The normalized spacial score (nSPS) is 20.2. The number of nitrogens with one attached hydrogen (secondary N) is 2. The van der Waals surface area contributed by atoms with Crippen LogP contribution in [0.4, 0.5) is 4.39 Å². The van der Waals surface area contributed by atoms with E-state index in [1.165, 1.54) is 18.2 Å². The van der Waals surface area contributed by atoms with E-state index in [4.69, 9.17) is 0 Å². The van der Waals surface area contributed by atoms with E-state index in [9.17, 15) is 12.8 Å². The van der Waals surface area contributed by atoms with Crippen molar-refractivity contribution in [2.24, 2.45) is 0 Å². The number of piperidine rings is 1. The van der Waals surface area contributed by atoms with Crippen LogP contribution in [0.15, 0.2) is 29.2 Å². The molecule has 0 aliphatic carbocycles. The molecule has 1 aromatic carbocycles. The highest BCUT2D eigenvalue weighted by molar-refractivity contribution is 7.89. The molecule has 1 heterocycles. The molecule has 2 N–H and O–H groups in total. The largest absolute Gasteiger partial charge is 0.315 e. The zero-order chi connectivity index (χ0) is 12.3. The predicted octanol–water partition coefficient (Wildman–Crippen LogP) is 1.28. The van der Waals surface area contributed by atoms with Crippen LogP contribution >= 0.6 is 12.4 Å². The third-order valence-corrected chi connectivity index (χ3v) is 4.30. The molecule has 1 saturated heterocycles. The van der Waals surface area contributed by atoms with Crippen molar-refractivity contribution < 1.29 is 12.8 Å². The molecule has 18 heavy (non-hydrogen) atoms. The van der Waals surface area contributed by atoms with Gasteiger partial charge in [-0.3, -0.25) is 0 Å². The molecule has 0 aromatic heterocycles. The van der Waals surface area contributed by atoms with Crippen molar-refractivity contribution in [2.75, 3.05) is 13.1 Å². The second kappa shape index (κ2) is 6.47. The second-order valence-corrected chi connectivity index (χ2v) is 5.78. The first-order valence-corrected chi connectivity index (χ1v) is 7.05. The van der Waals surface area contributed by atoms with E-state index in [0.717, 1.165) is 25.5 Å². The average molecular weight is 295 g/mol. The second-order valence-electron chi connectivity index (χ2n) is 4.09. The van der Waals surface area contributed by atoms with E-state index in [1.807, 2.05) is 0 Å². The number of halogens is 2. The van der Waals surface area contributed by atoms with Gasteiger partial charge in [0.1, 0.15) is 10.7 Å². The van der Waals surface area contributed by atoms with Crippen LogP contribution in [-0.4, -0.2) is 27.5 Å². The summed E-state index contributed by atoms with van der Waals surface area (Å²) in [6, 6.07) is 5.24. The summed E-state index contributed by atoms with van der Waals surface area (Å²) < 4.78 is 39.8. The minimum absolute atomic E-state index is 0. The van der Waals surface area contributed by atoms with Crippen LogP contribution in [0.1, 0.15) is 12.8 Å². The molecule has 0 spiro atoms. The maximum absolute atomic E-state index is 13.4. The molecule has 1 aromatic rings. The Morgan fingerprint density at radius 1 is 1.33 bits per heavy atom.